The number of allylic oxidation sites excluding steroid dienone is 3. The highest BCUT2D eigenvalue weighted by Crippen LogP contribution is 2.34. The van der Waals surface area contributed by atoms with Crippen molar-refractivity contribution >= 4 is 17.8 Å². The number of fused-ring (bicyclic) bond motifs is 3. The van der Waals surface area contributed by atoms with Gasteiger partial charge in [0.2, 0.25) is 11.8 Å². The predicted octanol–water partition coefficient (Wildman–Crippen LogP) is 1.28. The Morgan fingerprint density at radius 3 is 2.59 bits per heavy atom. The van der Waals surface area contributed by atoms with Crippen molar-refractivity contribution in [2.75, 3.05) is 6.61 Å². The zero-order chi connectivity index (χ0) is 33.2. The molecule has 3 aliphatic rings. The molecule has 6 N–H and O–H groups in total. The molecule has 0 spiro atoms. The molecule has 46 heavy (non-hydrogen) atoms. The second kappa shape index (κ2) is 16.8. The summed E-state index contributed by atoms with van der Waals surface area (Å²) in [5.74, 6) is -1.66. The van der Waals surface area contributed by atoms with E-state index in [9.17, 15) is 34.8 Å². The maximum atomic E-state index is 13.3. The summed E-state index contributed by atoms with van der Waals surface area (Å²) in [6.45, 7) is 2.69. The van der Waals surface area contributed by atoms with Crippen LogP contribution < -0.4 is 10.6 Å². The van der Waals surface area contributed by atoms with Crippen LogP contribution in [0.4, 0.5) is 0 Å². The average Bonchev–Trinajstić information content (AvgIpc) is 3.00. The summed E-state index contributed by atoms with van der Waals surface area (Å²) in [4.78, 5) is 37.3. The number of aromatic hydroxyl groups is 1. The van der Waals surface area contributed by atoms with Gasteiger partial charge in [-0.1, -0.05) is 43.4 Å². The molecule has 1 aromatic rings. The van der Waals surface area contributed by atoms with Crippen LogP contribution in [0.15, 0.2) is 54.8 Å². The van der Waals surface area contributed by atoms with Gasteiger partial charge in [0.05, 0.1) is 24.9 Å². The van der Waals surface area contributed by atoms with Crippen molar-refractivity contribution in [3.63, 3.8) is 0 Å². The van der Waals surface area contributed by atoms with Crippen LogP contribution >= 0.6 is 0 Å². The highest BCUT2D eigenvalue weighted by Gasteiger charge is 2.47. The first-order chi connectivity index (χ1) is 22.1. The fourth-order valence-electron chi connectivity index (χ4n) is 5.94. The van der Waals surface area contributed by atoms with Gasteiger partial charge in [-0.15, -0.1) is 0 Å². The fourth-order valence-corrected chi connectivity index (χ4v) is 5.94. The zero-order valence-electron chi connectivity index (χ0n) is 26.0. The molecule has 2 fully saturated rings. The summed E-state index contributed by atoms with van der Waals surface area (Å²) >= 11 is 0. The van der Waals surface area contributed by atoms with E-state index in [-0.39, 0.29) is 36.5 Å². The van der Waals surface area contributed by atoms with Gasteiger partial charge in [0.15, 0.2) is 6.29 Å². The van der Waals surface area contributed by atoms with Crippen molar-refractivity contribution in [2.24, 2.45) is 0 Å². The monoisotopic (exact) mass is 644 g/mol. The third-order valence-corrected chi connectivity index (χ3v) is 8.07. The van der Waals surface area contributed by atoms with Gasteiger partial charge in [-0.3, -0.25) is 9.59 Å². The molecule has 0 unspecified atom stereocenters. The third-order valence-electron chi connectivity index (χ3n) is 8.07. The number of amides is 2. The molecule has 252 valence electrons. The van der Waals surface area contributed by atoms with Gasteiger partial charge in [0.25, 0.3) is 0 Å². The molecule has 13 nitrogen and oxygen atoms in total. The van der Waals surface area contributed by atoms with Crippen LogP contribution in [0.1, 0.15) is 61.9 Å². The molecule has 2 saturated heterocycles. The zero-order valence-corrected chi connectivity index (χ0v) is 26.0. The molecule has 0 aliphatic carbocycles. The van der Waals surface area contributed by atoms with Crippen LogP contribution in [0, 0.1) is 0 Å². The Morgan fingerprint density at radius 1 is 1.07 bits per heavy atom. The lowest BCUT2D eigenvalue weighted by Crippen LogP contribution is -2.65. The van der Waals surface area contributed by atoms with Gasteiger partial charge in [-0.05, 0) is 24.5 Å². The maximum absolute atomic E-state index is 13.3. The lowest BCUT2D eigenvalue weighted by molar-refractivity contribution is -0.291. The highest BCUT2D eigenvalue weighted by atomic mass is 16.7. The van der Waals surface area contributed by atoms with Gasteiger partial charge >= 0.3 is 5.97 Å². The largest absolute Gasteiger partial charge is 0.507 e. The maximum Gasteiger partial charge on any atom is 0.342 e. The van der Waals surface area contributed by atoms with Crippen molar-refractivity contribution in [3.05, 3.63) is 65.9 Å². The number of rotatable bonds is 10. The highest BCUT2D eigenvalue weighted by molar-refractivity contribution is 5.94. The molecule has 0 saturated carbocycles. The van der Waals surface area contributed by atoms with E-state index in [1.54, 1.807) is 30.4 Å². The molecule has 9 atom stereocenters. The number of aliphatic hydroxyl groups is 3. The molecule has 3 aliphatic heterocycles. The van der Waals surface area contributed by atoms with Crippen LogP contribution in [0.5, 0.6) is 5.75 Å². The normalized spacial score (nSPS) is 31.8. The summed E-state index contributed by atoms with van der Waals surface area (Å²) in [5, 5.41) is 46.7. The lowest BCUT2D eigenvalue weighted by Gasteiger charge is -2.45. The standard InChI is InChI=1S/C33H44N2O11/c1-3-4-5-6-12-27(39)34-13-8-10-21-15-23-17-24(45-33-29(35-19(2)37)31(41)30(40)26(18-36)46-33)16-22(43-23)14-20-9-7-11-25(38)28(20)32(42)44-21/h4-9,11-13,21-24,26,29-31,33,36,38,40-41H,3,10,14-18H2,1-2H3,(H,34,39)(H,35,37)/b5-4-,12-6-,13-8+/t21-,22-,23-,24+,26+,29-,30+,31+,33+/m0/s1. The number of hydrogen-bond donors (Lipinski definition) is 6. The fraction of sp³-hybridized carbons (Fsp3) is 0.545. The van der Waals surface area contributed by atoms with E-state index in [4.69, 9.17) is 18.9 Å². The molecule has 2 amide bonds. The van der Waals surface area contributed by atoms with Crippen molar-refractivity contribution in [3.8, 4) is 5.75 Å². The van der Waals surface area contributed by atoms with E-state index in [0.29, 0.717) is 18.4 Å². The molecule has 0 aromatic heterocycles. The Hall–Kier alpha value is -3.59. The van der Waals surface area contributed by atoms with E-state index in [2.05, 4.69) is 10.6 Å². The molecule has 2 bridgehead atoms. The van der Waals surface area contributed by atoms with Gasteiger partial charge in [0.1, 0.15) is 41.8 Å². The van der Waals surface area contributed by atoms with Crippen LogP contribution in [0.3, 0.4) is 0 Å². The predicted molar refractivity (Wildman–Crippen MR) is 164 cm³/mol. The van der Waals surface area contributed by atoms with E-state index in [1.807, 2.05) is 13.0 Å². The van der Waals surface area contributed by atoms with Crippen LogP contribution in [0.25, 0.3) is 0 Å². The van der Waals surface area contributed by atoms with Crippen molar-refractivity contribution in [1.82, 2.24) is 10.6 Å². The summed E-state index contributed by atoms with van der Waals surface area (Å²) in [6, 6.07) is 3.66. The first-order valence-electron chi connectivity index (χ1n) is 15.6. The minimum Gasteiger partial charge on any atom is -0.507 e. The first kappa shape index (κ1) is 35.3. The molecular formula is C33H44N2O11. The number of hydrogen-bond acceptors (Lipinski definition) is 11. The van der Waals surface area contributed by atoms with Crippen molar-refractivity contribution in [1.29, 1.82) is 0 Å². The number of esters is 1. The number of carbonyl (C=O) groups is 3. The number of phenolic OH excluding ortho intramolecular Hbond substituents is 1. The summed E-state index contributed by atoms with van der Waals surface area (Å²) in [6.07, 6.45) is 4.94. The van der Waals surface area contributed by atoms with Gasteiger partial charge in [0, 0.05) is 44.9 Å². The van der Waals surface area contributed by atoms with Crippen molar-refractivity contribution in [2.45, 2.75) is 107 Å². The second-order valence-corrected chi connectivity index (χ2v) is 11.7. The number of aliphatic hydroxyl groups excluding tert-OH is 3. The summed E-state index contributed by atoms with van der Waals surface area (Å²) < 4.78 is 24.4. The molecule has 1 aromatic carbocycles. The number of cyclic esters (lactones) is 1. The molecular weight excluding hydrogens is 600 g/mol. The second-order valence-electron chi connectivity index (χ2n) is 11.7. The SMILES string of the molecule is CC/C=C\C=C/C(=O)N/C=C/C[C@H]1C[C@H]2C[C@H](O[C@@H]3O[C@H](CO)[C@@H](O)[C@H](O)[C@@H]3NC(C)=O)C[C@H](Cc3cccc(O)c3C(=O)O1)O2. The third kappa shape index (κ3) is 9.47. The van der Waals surface area contributed by atoms with Gasteiger partial charge in [-0.2, -0.15) is 0 Å². The van der Waals surface area contributed by atoms with Crippen LogP contribution in [-0.2, 0) is 35.0 Å². The number of benzene rings is 1. The minimum absolute atomic E-state index is 0.0457. The Bertz CT molecular complexity index is 1300. The number of ether oxygens (including phenoxy) is 4. The molecule has 0 radical (unpaired) electrons. The Labute approximate surface area is 267 Å². The Balaban J connectivity index is 1.53. The topological polar surface area (TPSA) is 193 Å². The number of phenols is 1. The quantitative estimate of drug-likeness (QED) is 0.122. The molecule has 4 rings (SSSR count). The Kier molecular flexibility index (Phi) is 12.9. The minimum atomic E-state index is -1.45. The summed E-state index contributed by atoms with van der Waals surface area (Å²) in [7, 11) is 0. The Morgan fingerprint density at radius 2 is 1.85 bits per heavy atom. The summed E-state index contributed by atoms with van der Waals surface area (Å²) in [5.41, 5.74) is 0.579. The smallest absolute Gasteiger partial charge is 0.342 e. The van der Waals surface area contributed by atoms with E-state index in [1.165, 1.54) is 25.3 Å². The average molecular weight is 645 g/mol. The molecule has 13 heteroatoms. The van der Waals surface area contributed by atoms with Crippen LogP contribution in [-0.4, -0.2) is 99.9 Å². The van der Waals surface area contributed by atoms with Crippen molar-refractivity contribution < 1.29 is 53.8 Å². The van der Waals surface area contributed by atoms with Crippen LogP contribution in [0.2, 0.25) is 0 Å². The van der Waals surface area contributed by atoms with Gasteiger partial charge < -0.3 is 50.0 Å². The number of nitrogens with one attached hydrogen (secondary N) is 2. The number of carbonyl (C=O) groups excluding carboxylic acids is 3. The first-order valence-corrected chi connectivity index (χ1v) is 15.6. The van der Waals surface area contributed by atoms with E-state index < -0.39 is 73.5 Å². The van der Waals surface area contributed by atoms with E-state index >= 15 is 0 Å². The lowest BCUT2D eigenvalue weighted by atomic mass is 9.90. The van der Waals surface area contributed by atoms with Gasteiger partial charge in [-0.25, -0.2) is 4.79 Å². The molecule has 3 heterocycles. The van der Waals surface area contributed by atoms with E-state index in [0.717, 1.165) is 6.42 Å².